The highest BCUT2D eigenvalue weighted by Crippen LogP contribution is 2.32. The molecular weight excluding hydrogens is 258 g/mol. The zero-order valence-corrected chi connectivity index (χ0v) is 12.1. The molecule has 21 heavy (non-hydrogen) atoms. The summed E-state index contributed by atoms with van der Waals surface area (Å²) in [4.78, 5) is 13.0. The van der Waals surface area contributed by atoms with Crippen molar-refractivity contribution in [1.82, 2.24) is 4.57 Å². The minimum atomic E-state index is 0.154. The van der Waals surface area contributed by atoms with E-state index in [0.29, 0.717) is 0 Å². The smallest absolute Gasteiger partial charge is 0.195 e. The van der Waals surface area contributed by atoms with Crippen LogP contribution < -0.4 is 0 Å². The predicted molar refractivity (Wildman–Crippen MR) is 84.9 cm³/mol. The summed E-state index contributed by atoms with van der Waals surface area (Å²) in [6.45, 7) is 3.07. The normalized spacial score (nSPS) is 13.6. The molecule has 0 amide bonds. The van der Waals surface area contributed by atoms with Gasteiger partial charge in [0, 0.05) is 28.7 Å². The quantitative estimate of drug-likeness (QED) is 0.645. The van der Waals surface area contributed by atoms with Crippen LogP contribution in [0.3, 0.4) is 0 Å². The Morgan fingerprint density at radius 1 is 1.05 bits per heavy atom. The molecule has 4 rings (SSSR count). The number of hydrogen-bond acceptors (Lipinski definition) is 1. The Morgan fingerprint density at radius 2 is 1.81 bits per heavy atom. The molecule has 1 aliphatic rings. The molecule has 2 nitrogen and oxygen atoms in total. The molecule has 2 aromatic carbocycles. The van der Waals surface area contributed by atoms with E-state index in [1.54, 1.807) is 0 Å². The van der Waals surface area contributed by atoms with Gasteiger partial charge in [-0.1, -0.05) is 48.0 Å². The van der Waals surface area contributed by atoms with Crippen molar-refractivity contribution in [3.63, 3.8) is 0 Å². The van der Waals surface area contributed by atoms with Gasteiger partial charge in [0.1, 0.15) is 0 Å². The predicted octanol–water partition coefficient (Wildman–Crippen LogP) is 4.13. The summed E-state index contributed by atoms with van der Waals surface area (Å²) < 4.78 is 2.32. The number of benzene rings is 2. The number of nitrogens with zero attached hydrogens (tertiary/aromatic N) is 1. The zero-order chi connectivity index (χ0) is 14.4. The molecule has 0 radical (unpaired) electrons. The zero-order valence-electron chi connectivity index (χ0n) is 12.1. The Labute approximate surface area is 124 Å². The Morgan fingerprint density at radius 3 is 2.62 bits per heavy atom. The molecule has 0 unspecified atom stereocenters. The first-order valence-electron chi connectivity index (χ1n) is 7.47. The summed E-state index contributed by atoms with van der Waals surface area (Å²) in [5.41, 5.74) is 5.28. The van der Waals surface area contributed by atoms with Crippen LogP contribution in [0.5, 0.6) is 0 Å². The second kappa shape index (κ2) is 4.59. The number of hydrogen-bond donors (Lipinski definition) is 0. The molecule has 3 aromatic rings. The SMILES string of the molecule is Cc1ccc(C(=O)c2c3n(c4ccccc24)CCC3)cc1. The van der Waals surface area contributed by atoms with E-state index >= 15 is 0 Å². The molecule has 1 aliphatic heterocycles. The molecule has 0 N–H and O–H groups in total. The van der Waals surface area contributed by atoms with E-state index in [2.05, 4.69) is 16.7 Å². The monoisotopic (exact) mass is 275 g/mol. The van der Waals surface area contributed by atoms with Gasteiger partial charge in [0.2, 0.25) is 0 Å². The summed E-state index contributed by atoms with van der Waals surface area (Å²) in [6, 6.07) is 16.1. The van der Waals surface area contributed by atoms with Crippen LogP contribution in [0.1, 0.15) is 33.6 Å². The standard InChI is InChI=1S/C19H17NO/c1-13-8-10-14(11-9-13)19(21)18-15-5-2-3-6-16(15)20-12-4-7-17(18)20/h2-3,5-6,8-11H,4,7,12H2,1H3. The highest BCUT2D eigenvalue weighted by atomic mass is 16.1. The van der Waals surface area contributed by atoms with Crippen LogP contribution in [-0.2, 0) is 13.0 Å². The second-order valence-electron chi connectivity index (χ2n) is 5.79. The lowest BCUT2D eigenvalue weighted by Crippen LogP contribution is -2.04. The van der Waals surface area contributed by atoms with E-state index in [0.717, 1.165) is 35.9 Å². The summed E-state index contributed by atoms with van der Waals surface area (Å²) >= 11 is 0. The molecule has 0 bridgehead atoms. The van der Waals surface area contributed by atoms with Crippen molar-refractivity contribution in [3.8, 4) is 0 Å². The molecule has 0 atom stereocenters. The average Bonchev–Trinajstić information content (AvgIpc) is 3.07. The molecule has 0 fully saturated rings. The minimum Gasteiger partial charge on any atom is -0.344 e. The van der Waals surface area contributed by atoms with Gasteiger partial charge in [0.25, 0.3) is 0 Å². The number of para-hydroxylation sites is 1. The molecule has 0 spiro atoms. The third-order valence-electron chi connectivity index (χ3n) is 4.41. The van der Waals surface area contributed by atoms with Crippen LogP contribution in [-0.4, -0.2) is 10.4 Å². The molecule has 0 saturated carbocycles. The van der Waals surface area contributed by atoms with Crippen molar-refractivity contribution in [2.75, 3.05) is 0 Å². The van der Waals surface area contributed by atoms with Gasteiger partial charge in [-0.3, -0.25) is 4.79 Å². The van der Waals surface area contributed by atoms with E-state index in [4.69, 9.17) is 0 Å². The first-order valence-corrected chi connectivity index (χ1v) is 7.47. The summed E-state index contributed by atoms with van der Waals surface area (Å²) in [6.07, 6.45) is 2.13. The van der Waals surface area contributed by atoms with Crippen molar-refractivity contribution >= 4 is 16.7 Å². The number of carbonyl (C=O) groups excluding carboxylic acids is 1. The van der Waals surface area contributed by atoms with Gasteiger partial charge in [-0.25, -0.2) is 0 Å². The minimum absolute atomic E-state index is 0.154. The van der Waals surface area contributed by atoms with E-state index in [9.17, 15) is 4.79 Å². The lowest BCUT2D eigenvalue weighted by molar-refractivity contribution is 0.103. The highest BCUT2D eigenvalue weighted by molar-refractivity contribution is 6.17. The second-order valence-corrected chi connectivity index (χ2v) is 5.79. The first-order chi connectivity index (χ1) is 10.3. The maximum atomic E-state index is 13.0. The molecule has 2 heteroatoms. The number of ketones is 1. The molecule has 104 valence electrons. The third-order valence-corrected chi connectivity index (χ3v) is 4.41. The number of fused-ring (bicyclic) bond motifs is 3. The van der Waals surface area contributed by atoms with E-state index in [-0.39, 0.29) is 5.78 Å². The Bertz CT molecular complexity index is 840. The van der Waals surface area contributed by atoms with Crippen LogP contribution >= 0.6 is 0 Å². The number of aryl methyl sites for hydroxylation is 2. The maximum absolute atomic E-state index is 13.0. The van der Waals surface area contributed by atoms with Gasteiger partial charge in [0.15, 0.2) is 5.78 Å². The summed E-state index contributed by atoms with van der Waals surface area (Å²) in [5.74, 6) is 0.154. The van der Waals surface area contributed by atoms with Crippen LogP contribution in [0, 0.1) is 6.92 Å². The van der Waals surface area contributed by atoms with Crippen molar-refractivity contribution in [1.29, 1.82) is 0 Å². The van der Waals surface area contributed by atoms with Gasteiger partial charge in [0.05, 0.1) is 5.56 Å². The van der Waals surface area contributed by atoms with Gasteiger partial charge in [-0.2, -0.15) is 0 Å². The summed E-state index contributed by atoms with van der Waals surface area (Å²) in [5, 5.41) is 1.10. The first kappa shape index (κ1) is 12.4. The Balaban J connectivity index is 1.94. The van der Waals surface area contributed by atoms with Crippen molar-refractivity contribution < 1.29 is 4.79 Å². The van der Waals surface area contributed by atoms with Gasteiger partial charge < -0.3 is 4.57 Å². The van der Waals surface area contributed by atoms with E-state index in [1.165, 1.54) is 16.8 Å². The van der Waals surface area contributed by atoms with Gasteiger partial charge in [-0.05, 0) is 25.8 Å². The summed E-state index contributed by atoms with van der Waals surface area (Å²) in [7, 11) is 0. The topological polar surface area (TPSA) is 22.0 Å². The third kappa shape index (κ3) is 1.83. The van der Waals surface area contributed by atoms with Crippen molar-refractivity contribution in [3.05, 3.63) is 70.9 Å². The van der Waals surface area contributed by atoms with Crippen molar-refractivity contribution in [2.45, 2.75) is 26.3 Å². The van der Waals surface area contributed by atoms with Crippen LogP contribution in [0.4, 0.5) is 0 Å². The number of carbonyl (C=O) groups is 1. The Kier molecular flexibility index (Phi) is 2.71. The Hall–Kier alpha value is -2.35. The molecule has 1 aromatic heterocycles. The molecular formula is C19H17NO. The fraction of sp³-hybridized carbons (Fsp3) is 0.211. The fourth-order valence-electron chi connectivity index (χ4n) is 3.38. The van der Waals surface area contributed by atoms with Crippen LogP contribution in [0.2, 0.25) is 0 Å². The lowest BCUT2D eigenvalue weighted by atomic mass is 9.98. The van der Waals surface area contributed by atoms with Gasteiger partial charge >= 0.3 is 0 Å². The van der Waals surface area contributed by atoms with Crippen molar-refractivity contribution in [2.24, 2.45) is 0 Å². The molecule has 2 heterocycles. The largest absolute Gasteiger partial charge is 0.344 e. The maximum Gasteiger partial charge on any atom is 0.195 e. The van der Waals surface area contributed by atoms with Crippen LogP contribution in [0.15, 0.2) is 48.5 Å². The van der Waals surface area contributed by atoms with E-state index < -0.39 is 0 Å². The van der Waals surface area contributed by atoms with Gasteiger partial charge in [-0.15, -0.1) is 0 Å². The number of aromatic nitrogens is 1. The lowest BCUT2D eigenvalue weighted by Gasteiger charge is -2.03. The molecule has 0 aliphatic carbocycles. The number of rotatable bonds is 2. The van der Waals surface area contributed by atoms with E-state index in [1.807, 2.05) is 43.3 Å². The van der Waals surface area contributed by atoms with Crippen LogP contribution in [0.25, 0.3) is 10.9 Å². The fourth-order valence-corrected chi connectivity index (χ4v) is 3.38. The molecule has 0 saturated heterocycles. The average molecular weight is 275 g/mol. The highest BCUT2D eigenvalue weighted by Gasteiger charge is 2.25.